The average molecular weight is 474 g/mol. The van der Waals surface area contributed by atoms with Gasteiger partial charge >= 0.3 is 6.03 Å². The molecule has 0 aliphatic carbocycles. The molecule has 11 heteroatoms. The second kappa shape index (κ2) is 9.11. The number of hydrogen-bond acceptors (Lipinski definition) is 8. The van der Waals surface area contributed by atoms with Gasteiger partial charge in [-0.2, -0.15) is 4.98 Å². The van der Waals surface area contributed by atoms with E-state index in [4.69, 9.17) is 4.52 Å². The smallest absolute Gasteiger partial charge is 0.326 e. The molecule has 2 aromatic carbocycles. The predicted octanol–water partition coefficient (Wildman–Crippen LogP) is 2.13. The summed E-state index contributed by atoms with van der Waals surface area (Å²) >= 11 is 0. The number of anilines is 1. The number of piperidine rings is 1. The molecule has 2 aliphatic rings. The summed E-state index contributed by atoms with van der Waals surface area (Å²) in [6.45, 7) is 2.75. The SMILES string of the molecule is Cc1noc(-c2cccc(NC(=O)NC(=O)c3ccc4c(c3)CN(C3CCC(=O)NC3=O)C4)c2)n1. The van der Waals surface area contributed by atoms with E-state index in [1.807, 2.05) is 11.0 Å². The van der Waals surface area contributed by atoms with Gasteiger partial charge in [-0.3, -0.25) is 29.9 Å². The lowest BCUT2D eigenvalue weighted by molar-refractivity contribution is -0.137. The van der Waals surface area contributed by atoms with Gasteiger partial charge in [0.1, 0.15) is 0 Å². The Morgan fingerprint density at radius 2 is 1.94 bits per heavy atom. The first kappa shape index (κ1) is 22.4. The fraction of sp³-hybridized carbons (Fsp3) is 0.250. The Balaban J connectivity index is 1.21. The third-order valence-electron chi connectivity index (χ3n) is 5.99. The molecule has 3 N–H and O–H groups in total. The summed E-state index contributed by atoms with van der Waals surface area (Å²) in [6.07, 6.45) is 0.781. The number of carbonyl (C=O) groups excluding carboxylic acids is 4. The zero-order chi connectivity index (χ0) is 24.5. The molecule has 5 amide bonds. The molecule has 35 heavy (non-hydrogen) atoms. The van der Waals surface area contributed by atoms with Crippen molar-refractivity contribution >= 4 is 29.4 Å². The van der Waals surface area contributed by atoms with Crippen LogP contribution in [-0.2, 0) is 22.7 Å². The molecular formula is C24H22N6O5. The Morgan fingerprint density at radius 3 is 2.71 bits per heavy atom. The largest absolute Gasteiger partial charge is 0.334 e. The van der Waals surface area contributed by atoms with Crippen molar-refractivity contribution in [1.82, 2.24) is 25.7 Å². The highest BCUT2D eigenvalue weighted by atomic mass is 16.5. The number of hydrogen-bond donors (Lipinski definition) is 3. The van der Waals surface area contributed by atoms with Crippen molar-refractivity contribution in [2.75, 3.05) is 5.32 Å². The van der Waals surface area contributed by atoms with Crippen LogP contribution >= 0.6 is 0 Å². The molecule has 0 bridgehead atoms. The van der Waals surface area contributed by atoms with E-state index in [0.717, 1.165) is 11.1 Å². The van der Waals surface area contributed by atoms with Gasteiger partial charge in [-0.05, 0) is 54.8 Å². The second-order valence-electron chi connectivity index (χ2n) is 8.49. The van der Waals surface area contributed by atoms with Crippen molar-refractivity contribution in [3.63, 3.8) is 0 Å². The van der Waals surface area contributed by atoms with Gasteiger partial charge in [0.2, 0.25) is 11.8 Å². The highest BCUT2D eigenvalue weighted by Gasteiger charge is 2.34. The molecule has 1 aromatic heterocycles. The maximum Gasteiger partial charge on any atom is 0.326 e. The zero-order valence-corrected chi connectivity index (χ0v) is 18.8. The summed E-state index contributed by atoms with van der Waals surface area (Å²) in [5.41, 5.74) is 3.33. The van der Waals surface area contributed by atoms with Gasteiger partial charge in [-0.25, -0.2) is 4.79 Å². The number of aromatic nitrogens is 2. The van der Waals surface area contributed by atoms with Crippen molar-refractivity contribution < 1.29 is 23.7 Å². The van der Waals surface area contributed by atoms with E-state index >= 15 is 0 Å². The van der Waals surface area contributed by atoms with E-state index in [1.54, 1.807) is 43.3 Å². The maximum absolute atomic E-state index is 12.7. The Kier molecular flexibility index (Phi) is 5.83. The number of rotatable bonds is 4. The molecule has 1 saturated heterocycles. The van der Waals surface area contributed by atoms with Crippen molar-refractivity contribution in [3.05, 3.63) is 65.0 Å². The normalized spacial score (nSPS) is 17.6. The molecule has 1 fully saturated rings. The molecule has 2 aliphatic heterocycles. The van der Waals surface area contributed by atoms with Crippen LogP contribution in [0.25, 0.3) is 11.5 Å². The Bertz CT molecular complexity index is 1350. The number of imide groups is 2. The van der Waals surface area contributed by atoms with Gasteiger partial charge in [-0.1, -0.05) is 17.3 Å². The number of urea groups is 1. The second-order valence-corrected chi connectivity index (χ2v) is 8.49. The number of fused-ring (bicyclic) bond motifs is 1. The van der Waals surface area contributed by atoms with Crippen molar-refractivity contribution in [2.24, 2.45) is 0 Å². The van der Waals surface area contributed by atoms with Gasteiger partial charge in [-0.15, -0.1) is 0 Å². The summed E-state index contributed by atoms with van der Waals surface area (Å²) in [7, 11) is 0. The molecule has 11 nitrogen and oxygen atoms in total. The molecule has 1 atom stereocenters. The summed E-state index contributed by atoms with van der Waals surface area (Å²) in [6, 6.07) is 11.0. The van der Waals surface area contributed by atoms with Crippen LogP contribution in [0.2, 0.25) is 0 Å². The maximum atomic E-state index is 12.7. The minimum atomic E-state index is -0.681. The number of benzene rings is 2. The summed E-state index contributed by atoms with van der Waals surface area (Å²) in [5, 5.41) is 11.1. The standard InChI is InChI=1S/C24H22N6O5/c1-13-25-23(35-29-13)15-3-2-4-18(10-15)26-24(34)28-21(32)14-5-6-16-11-30(12-17(16)9-14)19-7-8-20(31)27-22(19)33/h2-6,9-10,19H,7-8,11-12H2,1H3,(H,27,31,33)(H2,26,28,32,34). The van der Waals surface area contributed by atoms with E-state index in [0.29, 0.717) is 54.5 Å². The third-order valence-corrected chi connectivity index (χ3v) is 5.99. The summed E-state index contributed by atoms with van der Waals surface area (Å²) in [5.74, 6) is -0.268. The first-order chi connectivity index (χ1) is 16.9. The van der Waals surface area contributed by atoms with E-state index in [2.05, 4.69) is 26.1 Å². The highest BCUT2D eigenvalue weighted by molar-refractivity contribution is 6.08. The Morgan fingerprint density at radius 1 is 1.11 bits per heavy atom. The number of nitrogens with one attached hydrogen (secondary N) is 3. The van der Waals surface area contributed by atoms with Crippen LogP contribution < -0.4 is 16.0 Å². The van der Waals surface area contributed by atoms with Crippen LogP contribution in [0.15, 0.2) is 47.0 Å². The lowest BCUT2D eigenvalue weighted by atomic mass is 10.0. The zero-order valence-electron chi connectivity index (χ0n) is 18.8. The fourth-order valence-corrected chi connectivity index (χ4v) is 4.29. The van der Waals surface area contributed by atoms with Crippen LogP contribution in [0.4, 0.5) is 10.5 Å². The van der Waals surface area contributed by atoms with E-state index in [1.165, 1.54) is 0 Å². The topological polar surface area (TPSA) is 147 Å². The predicted molar refractivity (Wildman–Crippen MR) is 123 cm³/mol. The van der Waals surface area contributed by atoms with E-state index < -0.39 is 11.9 Å². The van der Waals surface area contributed by atoms with Crippen molar-refractivity contribution in [2.45, 2.75) is 38.9 Å². The van der Waals surface area contributed by atoms with Crippen LogP contribution in [0.3, 0.4) is 0 Å². The molecule has 5 rings (SSSR count). The molecule has 3 aromatic rings. The molecule has 0 radical (unpaired) electrons. The van der Waals surface area contributed by atoms with Crippen LogP contribution in [0.5, 0.6) is 0 Å². The van der Waals surface area contributed by atoms with Gasteiger partial charge < -0.3 is 9.84 Å². The molecule has 3 heterocycles. The Hall–Kier alpha value is -4.38. The third kappa shape index (κ3) is 4.80. The Labute approximate surface area is 199 Å². The highest BCUT2D eigenvalue weighted by Crippen LogP contribution is 2.28. The minimum absolute atomic E-state index is 0.253. The van der Waals surface area contributed by atoms with Crippen LogP contribution in [0.1, 0.15) is 40.2 Å². The molecular weight excluding hydrogens is 452 g/mol. The van der Waals surface area contributed by atoms with E-state index in [-0.39, 0.29) is 17.9 Å². The molecule has 1 unspecified atom stereocenters. The van der Waals surface area contributed by atoms with E-state index in [9.17, 15) is 19.2 Å². The van der Waals surface area contributed by atoms with Gasteiger partial charge in [0.05, 0.1) is 6.04 Å². The quantitative estimate of drug-likeness (QED) is 0.488. The fourth-order valence-electron chi connectivity index (χ4n) is 4.29. The first-order valence-corrected chi connectivity index (χ1v) is 11.1. The number of amides is 5. The summed E-state index contributed by atoms with van der Waals surface area (Å²) in [4.78, 5) is 54.9. The van der Waals surface area contributed by atoms with Crippen LogP contribution in [-0.4, -0.2) is 44.8 Å². The minimum Gasteiger partial charge on any atom is -0.334 e. The molecule has 0 saturated carbocycles. The first-order valence-electron chi connectivity index (χ1n) is 11.1. The number of carbonyl (C=O) groups is 4. The van der Waals surface area contributed by atoms with Crippen molar-refractivity contribution in [1.29, 1.82) is 0 Å². The molecule has 178 valence electrons. The molecule has 0 spiro atoms. The number of aryl methyl sites for hydroxylation is 1. The van der Waals surface area contributed by atoms with Crippen LogP contribution in [0, 0.1) is 6.92 Å². The lowest BCUT2D eigenvalue weighted by Gasteiger charge is -2.29. The monoisotopic (exact) mass is 474 g/mol. The van der Waals surface area contributed by atoms with Gasteiger partial charge in [0.25, 0.3) is 11.8 Å². The van der Waals surface area contributed by atoms with Gasteiger partial charge in [0, 0.05) is 36.3 Å². The van der Waals surface area contributed by atoms with Crippen molar-refractivity contribution in [3.8, 4) is 11.5 Å². The summed E-state index contributed by atoms with van der Waals surface area (Å²) < 4.78 is 5.14. The van der Waals surface area contributed by atoms with Gasteiger partial charge in [0.15, 0.2) is 5.82 Å². The average Bonchev–Trinajstić information content (AvgIpc) is 3.44. The lowest BCUT2D eigenvalue weighted by Crippen LogP contribution is -2.50. The number of nitrogens with zero attached hydrogens (tertiary/aromatic N) is 3.